The van der Waals surface area contributed by atoms with Gasteiger partial charge in [0, 0.05) is 17.3 Å². The van der Waals surface area contributed by atoms with Gasteiger partial charge in [0.15, 0.2) is 0 Å². The lowest BCUT2D eigenvalue weighted by Gasteiger charge is -2.17. The van der Waals surface area contributed by atoms with Gasteiger partial charge in [0.2, 0.25) is 0 Å². The van der Waals surface area contributed by atoms with Crippen molar-refractivity contribution in [3.05, 3.63) is 59.4 Å². The van der Waals surface area contributed by atoms with E-state index in [1.54, 1.807) is 11.8 Å². The molecule has 0 fully saturated rings. The molecule has 18 heavy (non-hydrogen) atoms. The summed E-state index contributed by atoms with van der Waals surface area (Å²) in [5.41, 5.74) is 6.20. The fourth-order valence-corrected chi connectivity index (χ4v) is 2.33. The van der Waals surface area contributed by atoms with Gasteiger partial charge in [0.1, 0.15) is 0 Å². The molecule has 1 heterocycles. The van der Waals surface area contributed by atoms with Crippen LogP contribution in [0, 0.1) is 6.92 Å². The Hall–Kier alpha value is -1.36. The molecule has 0 amide bonds. The number of aromatic nitrogens is 1. The first-order chi connectivity index (χ1) is 8.74. The topological polar surface area (TPSA) is 50.9 Å². The summed E-state index contributed by atoms with van der Waals surface area (Å²) in [6.07, 6.45) is 5.76. The first-order valence-electron chi connectivity index (χ1n) is 5.76. The molecule has 1 atom stereocenters. The maximum absolute atomic E-state index is 5.67. The van der Waals surface area contributed by atoms with E-state index in [-0.39, 0.29) is 6.04 Å². The van der Waals surface area contributed by atoms with Crippen molar-refractivity contribution < 1.29 is 0 Å². The highest BCUT2D eigenvalue weighted by Gasteiger charge is 2.12. The van der Waals surface area contributed by atoms with Crippen LogP contribution in [0.3, 0.4) is 0 Å². The van der Waals surface area contributed by atoms with Gasteiger partial charge in [-0.25, -0.2) is 5.43 Å². The summed E-state index contributed by atoms with van der Waals surface area (Å²) in [6.45, 7) is 2.03. The van der Waals surface area contributed by atoms with E-state index < -0.39 is 0 Å². The lowest BCUT2D eigenvalue weighted by Crippen LogP contribution is -2.28. The molecule has 94 valence electrons. The molecule has 1 aromatic heterocycles. The number of hydrazine groups is 1. The molecule has 2 aromatic rings. The molecule has 0 saturated carbocycles. The van der Waals surface area contributed by atoms with Crippen LogP contribution in [0.15, 0.2) is 47.6 Å². The van der Waals surface area contributed by atoms with Crippen molar-refractivity contribution in [2.75, 3.05) is 6.26 Å². The molecule has 0 bridgehead atoms. The van der Waals surface area contributed by atoms with Crippen LogP contribution < -0.4 is 11.3 Å². The number of nitrogens with zero attached hydrogens (tertiary/aromatic N) is 1. The van der Waals surface area contributed by atoms with E-state index in [0.29, 0.717) is 0 Å². The van der Waals surface area contributed by atoms with Crippen LogP contribution in [0.4, 0.5) is 0 Å². The molecule has 1 aromatic carbocycles. The minimum atomic E-state index is -0.0201. The van der Waals surface area contributed by atoms with Gasteiger partial charge >= 0.3 is 0 Å². The largest absolute Gasteiger partial charge is 0.271 e. The number of nitrogens with one attached hydrogen (secondary N) is 1. The van der Waals surface area contributed by atoms with Crippen LogP contribution in [0.5, 0.6) is 0 Å². The van der Waals surface area contributed by atoms with Crippen LogP contribution in [0.2, 0.25) is 0 Å². The third kappa shape index (κ3) is 2.90. The number of hydrogen-bond acceptors (Lipinski definition) is 4. The highest BCUT2D eigenvalue weighted by atomic mass is 32.2. The van der Waals surface area contributed by atoms with Gasteiger partial charge in [0.05, 0.1) is 6.04 Å². The molecule has 0 aliphatic carbocycles. The smallest absolute Gasteiger partial charge is 0.0725 e. The summed E-state index contributed by atoms with van der Waals surface area (Å²) in [5.74, 6) is 5.67. The number of pyridine rings is 1. The average Bonchev–Trinajstić information content (AvgIpc) is 2.40. The maximum atomic E-state index is 5.67. The summed E-state index contributed by atoms with van der Waals surface area (Å²) in [6, 6.07) is 10.5. The minimum Gasteiger partial charge on any atom is -0.271 e. The van der Waals surface area contributed by atoms with E-state index in [0.717, 1.165) is 16.7 Å². The van der Waals surface area contributed by atoms with E-state index in [2.05, 4.69) is 47.0 Å². The minimum absolute atomic E-state index is 0.0201. The second-order valence-corrected chi connectivity index (χ2v) is 5.05. The predicted octanol–water partition coefficient (Wildman–Crippen LogP) is 2.66. The Kier molecular flexibility index (Phi) is 4.36. The van der Waals surface area contributed by atoms with Gasteiger partial charge in [-0.3, -0.25) is 10.8 Å². The molecule has 0 aliphatic rings. The number of hydrogen-bond donors (Lipinski definition) is 2. The van der Waals surface area contributed by atoms with Crippen LogP contribution in [0.25, 0.3) is 0 Å². The fraction of sp³-hybridized carbons (Fsp3) is 0.214. The van der Waals surface area contributed by atoms with Crippen LogP contribution in [-0.2, 0) is 0 Å². The number of benzene rings is 1. The van der Waals surface area contributed by atoms with Gasteiger partial charge in [0.25, 0.3) is 0 Å². The quantitative estimate of drug-likeness (QED) is 0.503. The molecule has 3 nitrogen and oxygen atoms in total. The van der Waals surface area contributed by atoms with E-state index in [1.165, 1.54) is 4.90 Å². The monoisotopic (exact) mass is 259 g/mol. The summed E-state index contributed by atoms with van der Waals surface area (Å²) < 4.78 is 0. The second kappa shape index (κ2) is 6.00. The molecule has 1 unspecified atom stereocenters. The Morgan fingerprint density at radius 2 is 1.89 bits per heavy atom. The Bertz CT molecular complexity index is 511. The maximum Gasteiger partial charge on any atom is 0.0725 e. The molecular formula is C14H17N3S. The first-order valence-corrected chi connectivity index (χ1v) is 6.98. The van der Waals surface area contributed by atoms with Crippen LogP contribution in [0.1, 0.15) is 22.7 Å². The van der Waals surface area contributed by atoms with Crippen LogP contribution in [-0.4, -0.2) is 11.2 Å². The zero-order valence-corrected chi connectivity index (χ0v) is 11.4. The van der Waals surface area contributed by atoms with Crippen molar-refractivity contribution in [2.24, 2.45) is 5.84 Å². The molecule has 0 radical (unpaired) electrons. The third-order valence-electron chi connectivity index (χ3n) is 2.85. The van der Waals surface area contributed by atoms with Crippen molar-refractivity contribution in [2.45, 2.75) is 17.9 Å². The van der Waals surface area contributed by atoms with E-state index >= 15 is 0 Å². The van der Waals surface area contributed by atoms with Gasteiger partial charge in [-0.15, -0.1) is 11.8 Å². The van der Waals surface area contributed by atoms with Gasteiger partial charge < -0.3 is 0 Å². The lowest BCUT2D eigenvalue weighted by molar-refractivity contribution is 0.634. The molecule has 3 N–H and O–H groups in total. The zero-order valence-electron chi connectivity index (χ0n) is 10.6. The standard InChI is InChI=1S/C14H17N3S/c1-10-7-12(9-16-8-10)14(17-15)11-3-5-13(18-2)6-4-11/h3-9,14,17H,15H2,1-2H3. The molecule has 4 heteroatoms. The summed E-state index contributed by atoms with van der Waals surface area (Å²) in [7, 11) is 0. The molecule has 0 spiro atoms. The van der Waals surface area contributed by atoms with Crippen molar-refractivity contribution >= 4 is 11.8 Å². The van der Waals surface area contributed by atoms with E-state index in [9.17, 15) is 0 Å². The van der Waals surface area contributed by atoms with Crippen molar-refractivity contribution in [1.82, 2.24) is 10.4 Å². The second-order valence-electron chi connectivity index (χ2n) is 4.17. The number of thioether (sulfide) groups is 1. The lowest BCUT2D eigenvalue weighted by atomic mass is 10.00. The fourth-order valence-electron chi connectivity index (χ4n) is 1.92. The Labute approximate surface area is 112 Å². The Morgan fingerprint density at radius 1 is 1.17 bits per heavy atom. The first kappa shape index (κ1) is 13.1. The van der Waals surface area contributed by atoms with Crippen molar-refractivity contribution in [3.8, 4) is 0 Å². The van der Waals surface area contributed by atoms with Gasteiger partial charge in [-0.2, -0.15) is 0 Å². The highest BCUT2D eigenvalue weighted by Crippen LogP contribution is 2.23. The molecule has 0 aliphatic heterocycles. The van der Waals surface area contributed by atoms with Crippen molar-refractivity contribution in [1.29, 1.82) is 0 Å². The third-order valence-corrected chi connectivity index (χ3v) is 3.59. The number of rotatable bonds is 4. The summed E-state index contributed by atoms with van der Waals surface area (Å²) >= 11 is 1.73. The predicted molar refractivity (Wildman–Crippen MR) is 76.4 cm³/mol. The average molecular weight is 259 g/mol. The highest BCUT2D eigenvalue weighted by molar-refractivity contribution is 7.98. The van der Waals surface area contributed by atoms with Crippen LogP contribution >= 0.6 is 11.8 Å². The number of aryl methyl sites for hydroxylation is 1. The van der Waals surface area contributed by atoms with Crippen molar-refractivity contribution in [3.63, 3.8) is 0 Å². The van der Waals surface area contributed by atoms with E-state index in [1.807, 2.05) is 19.3 Å². The molecule has 2 rings (SSSR count). The Morgan fingerprint density at radius 3 is 2.44 bits per heavy atom. The normalized spacial score (nSPS) is 12.4. The van der Waals surface area contributed by atoms with Gasteiger partial charge in [-0.1, -0.05) is 18.2 Å². The van der Waals surface area contributed by atoms with E-state index in [4.69, 9.17) is 5.84 Å². The van der Waals surface area contributed by atoms with Gasteiger partial charge in [-0.05, 0) is 42.0 Å². The SMILES string of the molecule is CSc1ccc(C(NN)c2cncc(C)c2)cc1. The number of nitrogens with two attached hydrogens (primary N) is 1. The zero-order chi connectivity index (χ0) is 13.0. The summed E-state index contributed by atoms with van der Waals surface area (Å²) in [4.78, 5) is 5.46. The molecule has 0 saturated heterocycles. The molecular weight excluding hydrogens is 242 g/mol. The summed E-state index contributed by atoms with van der Waals surface area (Å²) in [5, 5.41) is 0. The Balaban J connectivity index is 2.32.